The molecule has 1 saturated heterocycles. The molecule has 5 rings (SSSR count). The highest BCUT2D eigenvalue weighted by Gasteiger charge is 2.22. The Morgan fingerprint density at radius 1 is 0.907 bits per heavy atom. The first-order chi connectivity index (χ1) is 21.0. The average Bonchev–Trinajstić information content (AvgIpc) is 3.70. The molecule has 0 amide bonds. The lowest BCUT2D eigenvalue weighted by Crippen LogP contribution is -2.35. The van der Waals surface area contributed by atoms with Crippen LogP contribution in [-0.4, -0.2) is 49.4 Å². The third kappa shape index (κ3) is 8.37. The molecule has 1 aliphatic heterocycles. The van der Waals surface area contributed by atoms with Gasteiger partial charge in [-0.1, -0.05) is 99.1 Å². The number of hydrogen-bond donors (Lipinski definition) is 1. The Morgan fingerprint density at radius 2 is 1.58 bits per heavy atom. The van der Waals surface area contributed by atoms with Crippen LogP contribution in [0.15, 0.2) is 47.4 Å². The van der Waals surface area contributed by atoms with Crippen molar-refractivity contribution in [3.05, 3.63) is 52.9 Å². The van der Waals surface area contributed by atoms with Crippen molar-refractivity contribution in [2.75, 3.05) is 25.4 Å². The van der Waals surface area contributed by atoms with Crippen molar-refractivity contribution in [2.24, 2.45) is 0 Å². The molecule has 0 bridgehead atoms. The Balaban J connectivity index is 1.11. The number of aromatic nitrogens is 5. The number of nitrogens with two attached hydrogens (primary N) is 1. The minimum Gasteiger partial charge on any atom is -0.383 e. The van der Waals surface area contributed by atoms with Crippen LogP contribution < -0.4 is 5.73 Å². The molecular weight excluding hydrogens is 581 g/mol. The number of nitrogen functional groups attached to an aromatic ring is 1. The number of rotatable bonds is 15. The SMILES string of the molecule is CCCCCCCCCCCCN1CCC(n2cc(-c3cnc(N)c(-c4nc(-c5c(Cl)cccc5Cl)no4)c3)cn2)CC1. The smallest absolute Gasteiger partial charge is 0.262 e. The minimum absolute atomic E-state index is 0.250. The quantitative estimate of drug-likeness (QED) is 0.132. The first kappa shape index (κ1) is 31.5. The second-order valence-electron chi connectivity index (χ2n) is 11.6. The van der Waals surface area contributed by atoms with Gasteiger partial charge in [-0.15, -0.1) is 0 Å². The predicted molar refractivity (Wildman–Crippen MR) is 175 cm³/mol. The summed E-state index contributed by atoms with van der Waals surface area (Å²) in [4.78, 5) is 11.5. The molecule has 0 unspecified atom stereocenters. The number of piperidine rings is 1. The third-order valence-electron chi connectivity index (χ3n) is 8.46. The average molecular weight is 625 g/mol. The van der Waals surface area contributed by atoms with Crippen LogP contribution in [-0.2, 0) is 0 Å². The van der Waals surface area contributed by atoms with Crippen molar-refractivity contribution in [1.29, 1.82) is 0 Å². The highest BCUT2D eigenvalue weighted by Crippen LogP contribution is 2.35. The zero-order valence-electron chi connectivity index (χ0n) is 25.2. The van der Waals surface area contributed by atoms with Crippen LogP contribution in [0.3, 0.4) is 0 Å². The lowest BCUT2D eigenvalue weighted by molar-refractivity contribution is 0.177. The van der Waals surface area contributed by atoms with Crippen molar-refractivity contribution in [1.82, 2.24) is 29.8 Å². The van der Waals surface area contributed by atoms with Crippen molar-refractivity contribution < 1.29 is 4.52 Å². The maximum Gasteiger partial charge on any atom is 0.262 e. The second kappa shape index (κ2) is 15.7. The Hall–Kier alpha value is -2.94. The summed E-state index contributed by atoms with van der Waals surface area (Å²) in [6.45, 7) is 5.75. The van der Waals surface area contributed by atoms with Gasteiger partial charge in [0.25, 0.3) is 5.89 Å². The number of likely N-dealkylation sites (tertiary alicyclic amines) is 1. The van der Waals surface area contributed by atoms with Gasteiger partial charge in [0.05, 0.1) is 33.4 Å². The molecule has 0 spiro atoms. The van der Waals surface area contributed by atoms with E-state index < -0.39 is 0 Å². The third-order valence-corrected chi connectivity index (χ3v) is 9.09. The van der Waals surface area contributed by atoms with E-state index in [1.165, 1.54) is 70.8 Å². The van der Waals surface area contributed by atoms with Crippen molar-refractivity contribution >= 4 is 29.0 Å². The van der Waals surface area contributed by atoms with E-state index >= 15 is 0 Å². The first-order valence-corrected chi connectivity index (χ1v) is 16.6. The zero-order chi connectivity index (χ0) is 30.0. The molecule has 1 fully saturated rings. The largest absolute Gasteiger partial charge is 0.383 e. The van der Waals surface area contributed by atoms with Gasteiger partial charge in [0.15, 0.2) is 0 Å². The van der Waals surface area contributed by atoms with Crippen LogP contribution in [0.25, 0.3) is 34.0 Å². The fourth-order valence-corrected chi connectivity index (χ4v) is 6.43. The van der Waals surface area contributed by atoms with Crippen LogP contribution in [0.2, 0.25) is 10.0 Å². The van der Waals surface area contributed by atoms with Gasteiger partial charge in [0.2, 0.25) is 5.82 Å². The summed E-state index contributed by atoms with van der Waals surface area (Å²) in [5, 5.41) is 9.68. The number of anilines is 1. The molecule has 2 N–H and O–H groups in total. The van der Waals surface area contributed by atoms with Crippen LogP contribution in [0, 0.1) is 0 Å². The lowest BCUT2D eigenvalue weighted by Gasteiger charge is -2.32. The van der Waals surface area contributed by atoms with E-state index in [4.69, 9.17) is 38.6 Å². The molecule has 3 aromatic heterocycles. The first-order valence-electron chi connectivity index (χ1n) is 15.8. The van der Waals surface area contributed by atoms with Gasteiger partial charge in [-0.3, -0.25) is 4.68 Å². The number of unbranched alkanes of at least 4 members (excludes halogenated alkanes) is 9. The summed E-state index contributed by atoms with van der Waals surface area (Å²) in [5.41, 5.74) is 9.12. The number of benzene rings is 1. The molecule has 0 atom stereocenters. The van der Waals surface area contributed by atoms with Crippen molar-refractivity contribution in [3.63, 3.8) is 0 Å². The van der Waals surface area contributed by atoms with E-state index in [1.807, 2.05) is 12.3 Å². The van der Waals surface area contributed by atoms with Crippen molar-refractivity contribution in [2.45, 2.75) is 90.0 Å². The van der Waals surface area contributed by atoms with E-state index in [1.54, 1.807) is 24.4 Å². The molecule has 1 aromatic carbocycles. The summed E-state index contributed by atoms with van der Waals surface area (Å²) in [7, 11) is 0. The molecule has 10 heteroatoms. The van der Waals surface area contributed by atoms with Crippen molar-refractivity contribution in [3.8, 4) is 34.0 Å². The summed E-state index contributed by atoms with van der Waals surface area (Å²) in [5.74, 6) is 0.842. The van der Waals surface area contributed by atoms with Gasteiger partial charge in [-0.2, -0.15) is 10.1 Å². The molecule has 0 radical (unpaired) electrons. The molecule has 4 heterocycles. The molecule has 1 aliphatic rings. The maximum atomic E-state index is 6.33. The number of hydrogen-bond acceptors (Lipinski definition) is 7. The van der Waals surface area contributed by atoms with Crippen LogP contribution in [0.5, 0.6) is 0 Å². The van der Waals surface area contributed by atoms with Gasteiger partial charge < -0.3 is 15.2 Å². The van der Waals surface area contributed by atoms with Gasteiger partial charge in [0, 0.05) is 36.6 Å². The summed E-state index contributed by atoms with van der Waals surface area (Å²) in [6, 6.07) is 7.54. The highest BCUT2D eigenvalue weighted by atomic mass is 35.5. The Kier molecular flexibility index (Phi) is 11.5. The Morgan fingerprint density at radius 3 is 2.28 bits per heavy atom. The fourth-order valence-electron chi connectivity index (χ4n) is 5.87. The Bertz CT molecular complexity index is 1420. The molecule has 0 aliphatic carbocycles. The van der Waals surface area contributed by atoms with E-state index in [2.05, 4.69) is 37.8 Å². The summed E-state index contributed by atoms with van der Waals surface area (Å²) >= 11 is 12.7. The molecule has 0 saturated carbocycles. The fraction of sp³-hybridized carbons (Fsp3) is 0.515. The lowest BCUT2D eigenvalue weighted by atomic mass is 10.0. The molecule has 4 aromatic rings. The molecule has 8 nitrogen and oxygen atoms in total. The van der Waals surface area contributed by atoms with Crippen LogP contribution in [0.4, 0.5) is 5.82 Å². The van der Waals surface area contributed by atoms with Gasteiger partial charge in [-0.05, 0) is 44.0 Å². The number of pyridine rings is 1. The second-order valence-corrected chi connectivity index (χ2v) is 12.5. The van der Waals surface area contributed by atoms with Crippen LogP contribution in [0.1, 0.15) is 90.0 Å². The topological polar surface area (TPSA) is 98.9 Å². The van der Waals surface area contributed by atoms with E-state index in [0.717, 1.165) is 37.1 Å². The van der Waals surface area contributed by atoms with E-state index in [-0.39, 0.29) is 5.89 Å². The minimum atomic E-state index is 0.250. The van der Waals surface area contributed by atoms with E-state index in [9.17, 15) is 0 Å². The van der Waals surface area contributed by atoms with Gasteiger partial charge >= 0.3 is 0 Å². The molecular formula is C33H43Cl2N7O. The van der Waals surface area contributed by atoms with E-state index in [0.29, 0.717) is 38.9 Å². The highest BCUT2D eigenvalue weighted by molar-refractivity contribution is 6.38. The normalized spacial score (nSPS) is 14.5. The van der Waals surface area contributed by atoms with Gasteiger partial charge in [0.1, 0.15) is 5.82 Å². The van der Waals surface area contributed by atoms with Gasteiger partial charge in [-0.25, -0.2) is 4.98 Å². The monoisotopic (exact) mass is 623 g/mol. The number of halogens is 2. The maximum absolute atomic E-state index is 6.33. The molecule has 43 heavy (non-hydrogen) atoms. The molecule has 230 valence electrons. The standard InChI is InChI=1S/C33H43Cl2N7O/c1-2-3-4-5-6-7-8-9-10-11-17-41-18-15-26(16-19-41)42-23-25(22-38-42)24-20-27(31(36)37-21-24)33-39-32(40-43-33)30-28(34)13-12-14-29(30)35/h12-14,20-23,26H,2-11,15-19H2,1H3,(H2,36,37). The summed E-state index contributed by atoms with van der Waals surface area (Å²) < 4.78 is 7.65. The predicted octanol–water partition coefficient (Wildman–Crippen LogP) is 9.11. The zero-order valence-corrected chi connectivity index (χ0v) is 26.7. The summed E-state index contributed by atoms with van der Waals surface area (Å²) in [6.07, 6.45) is 21.8. The number of nitrogens with zero attached hydrogens (tertiary/aromatic N) is 6. The van der Waals surface area contributed by atoms with Crippen LogP contribution >= 0.6 is 23.2 Å². The Labute approximate surface area is 265 Å².